The van der Waals surface area contributed by atoms with Crippen molar-refractivity contribution in [1.29, 1.82) is 0 Å². The van der Waals surface area contributed by atoms with E-state index >= 15 is 0 Å². The van der Waals surface area contributed by atoms with E-state index in [1.807, 2.05) is 6.07 Å². The summed E-state index contributed by atoms with van der Waals surface area (Å²) in [4.78, 5) is 51.6. The normalized spacial score (nSPS) is 15.0. The Labute approximate surface area is 261 Å². The lowest BCUT2D eigenvalue weighted by molar-refractivity contribution is -0.142. The van der Waals surface area contributed by atoms with Gasteiger partial charge in [-0.05, 0) is 59.2 Å². The Morgan fingerprint density at radius 2 is 1.62 bits per heavy atom. The molecule has 0 aliphatic heterocycles. The quantitative estimate of drug-likeness (QED) is 0.248. The fraction of sp³-hybridized carbons (Fsp3) is 0.353. The van der Waals surface area contributed by atoms with Crippen LogP contribution in [-0.4, -0.2) is 50.3 Å². The number of carboxylic acid groups (broad SMARTS) is 1. The minimum atomic E-state index is -1.27. The van der Waals surface area contributed by atoms with Crippen molar-refractivity contribution < 1.29 is 33.7 Å². The highest BCUT2D eigenvalue weighted by atomic mass is 16.5. The summed E-state index contributed by atoms with van der Waals surface area (Å²) >= 11 is 0. The van der Waals surface area contributed by atoms with E-state index in [9.17, 15) is 24.3 Å². The Balaban J connectivity index is 1.83. The monoisotopic (exact) mass is 617 g/mol. The topological polar surface area (TPSA) is 152 Å². The number of amides is 2. The van der Waals surface area contributed by atoms with Crippen molar-refractivity contribution in [2.45, 2.75) is 51.7 Å². The maximum atomic E-state index is 13.8. The molecule has 0 saturated carbocycles. The van der Waals surface area contributed by atoms with Crippen molar-refractivity contribution in [3.63, 3.8) is 0 Å². The van der Waals surface area contributed by atoms with Crippen LogP contribution < -0.4 is 35.6 Å². The molecule has 0 bridgehead atoms. The van der Waals surface area contributed by atoms with Crippen LogP contribution in [0.5, 0.6) is 17.2 Å². The predicted octanol–water partition coefficient (Wildman–Crippen LogP) is 4.24. The van der Waals surface area contributed by atoms with Gasteiger partial charge in [0.05, 0.1) is 33.1 Å². The van der Waals surface area contributed by atoms with Crippen LogP contribution in [0.2, 0.25) is 0 Å². The first kappa shape index (κ1) is 32.8. The van der Waals surface area contributed by atoms with E-state index in [0.29, 0.717) is 52.3 Å². The van der Waals surface area contributed by atoms with Gasteiger partial charge in [0.25, 0.3) is 0 Å². The third-order valence-corrected chi connectivity index (χ3v) is 7.84. The predicted molar refractivity (Wildman–Crippen MR) is 170 cm³/mol. The van der Waals surface area contributed by atoms with Gasteiger partial charge in [-0.25, -0.2) is 4.79 Å². The minimum Gasteiger partial charge on any atom is -0.493 e. The van der Waals surface area contributed by atoms with E-state index in [2.05, 4.69) is 16.0 Å². The zero-order valence-corrected chi connectivity index (χ0v) is 26.2. The summed E-state index contributed by atoms with van der Waals surface area (Å²) in [7, 11) is 4.57. The number of benzene rings is 2. The molecule has 1 aliphatic carbocycles. The zero-order chi connectivity index (χ0) is 32.8. The molecule has 238 valence electrons. The molecule has 11 nitrogen and oxygen atoms in total. The van der Waals surface area contributed by atoms with Gasteiger partial charge in [-0.15, -0.1) is 0 Å². The van der Waals surface area contributed by atoms with Gasteiger partial charge in [0, 0.05) is 12.5 Å². The molecule has 0 spiro atoms. The van der Waals surface area contributed by atoms with Crippen molar-refractivity contribution in [2.75, 3.05) is 26.6 Å². The van der Waals surface area contributed by atoms with E-state index in [1.165, 1.54) is 34.3 Å². The van der Waals surface area contributed by atoms with Gasteiger partial charge < -0.3 is 35.3 Å². The molecule has 1 aliphatic rings. The van der Waals surface area contributed by atoms with Crippen LogP contribution in [0.3, 0.4) is 0 Å². The van der Waals surface area contributed by atoms with E-state index in [1.54, 1.807) is 56.3 Å². The summed E-state index contributed by atoms with van der Waals surface area (Å²) in [6.07, 6.45) is 1.05. The number of anilines is 1. The van der Waals surface area contributed by atoms with E-state index in [-0.39, 0.29) is 17.5 Å². The molecule has 0 aromatic heterocycles. The third-order valence-electron chi connectivity index (χ3n) is 7.84. The number of carbonyl (C=O) groups excluding carboxylic acids is 2. The second-order valence-electron chi connectivity index (χ2n) is 11.2. The van der Waals surface area contributed by atoms with Crippen LogP contribution in [0, 0.1) is 5.92 Å². The Hall–Kier alpha value is -5.06. The van der Waals surface area contributed by atoms with Crippen LogP contribution in [-0.2, 0) is 20.8 Å². The van der Waals surface area contributed by atoms with E-state index in [0.717, 1.165) is 5.56 Å². The molecule has 4 N–H and O–H groups in total. The Morgan fingerprint density at radius 3 is 2.20 bits per heavy atom. The number of carboxylic acids is 1. The molecule has 0 radical (unpaired) electrons. The lowest BCUT2D eigenvalue weighted by atomic mass is 9.95. The first-order valence-corrected chi connectivity index (χ1v) is 14.6. The average Bonchev–Trinajstić information content (AvgIpc) is 3.25. The van der Waals surface area contributed by atoms with Gasteiger partial charge in [0.15, 0.2) is 17.5 Å². The lowest BCUT2D eigenvalue weighted by Gasteiger charge is -2.24. The molecule has 4 rings (SSSR count). The van der Waals surface area contributed by atoms with Crippen LogP contribution in [0.15, 0.2) is 59.4 Å². The van der Waals surface area contributed by atoms with Crippen molar-refractivity contribution in [3.8, 4) is 28.4 Å². The number of fused-ring (bicyclic) bond motifs is 3. The van der Waals surface area contributed by atoms with Crippen LogP contribution in [0.4, 0.5) is 5.69 Å². The fourth-order valence-electron chi connectivity index (χ4n) is 5.69. The second kappa shape index (κ2) is 14.1. The molecular formula is C34H39N3O8. The molecule has 0 unspecified atom stereocenters. The summed E-state index contributed by atoms with van der Waals surface area (Å²) in [5.41, 5.74) is 2.94. The molecule has 0 saturated heterocycles. The highest BCUT2D eigenvalue weighted by Gasteiger charge is 2.31. The first-order valence-electron chi connectivity index (χ1n) is 14.6. The molecule has 0 heterocycles. The summed E-state index contributed by atoms with van der Waals surface area (Å²) in [5.74, 6) is -1.06. The number of nitrogens with one attached hydrogen (secondary N) is 3. The number of hydrogen-bond acceptors (Lipinski definition) is 8. The number of aliphatic carboxylic acids is 1. The van der Waals surface area contributed by atoms with E-state index in [4.69, 9.17) is 14.2 Å². The molecule has 2 amide bonds. The Kier molecular flexibility index (Phi) is 10.3. The first-order chi connectivity index (χ1) is 21.5. The molecule has 45 heavy (non-hydrogen) atoms. The summed E-state index contributed by atoms with van der Waals surface area (Å²) in [6.45, 7) is 5.02. The third kappa shape index (κ3) is 7.03. The largest absolute Gasteiger partial charge is 0.493 e. The summed E-state index contributed by atoms with van der Waals surface area (Å²) < 4.78 is 17.0. The van der Waals surface area contributed by atoms with Gasteiger partial charge in [0.1, 0.15) is 6.04 Å². The molecule has 3 aromatic rings. The van der Waals surface area contributed by atoms with Crippen LogP contribution >= 0.6 is 0 Å². The highest BCUT2D eigenvalue weighted by molar-refractivity contribution is 5.90. The van der Waals surface area contributed by atoms with Gasteiger partial charge in [-0.2, -0.15) is 0 Å². The standard InChI is InChI=1S/C34H39N3O8/c1-18(2)29(33(40)37-30(34(41)42)20-10-8-7-9-11-20)36-25-15-13-22-23(17-26(25)39)24(35-19(3)38)14-12-21-16-27(43-4)31(44-5)32(45-6)28(21)22/h7-11,13,15-18,24,29-30H,12,14H2,1-6H3,(H,35,38)(H,36,39)(H,37,40)(H,41,42)/t24-,29-,30-/m1/s1. The van der Waals surface area contributed by atoms with E-state index < -0.39 is 35.4 Å². The number of aryl methyl sites for hydroxylation is 1. The van der Waals surface area contributed by atoms with Gasteiger partial charge in [-0.1, -0.05) is 50.2 Å². The lowest BCUT2D eigenvalue weighted by Crippen LogP contribution is -2.46. The van der Waals surface area contributed by atoms with Gasteiger partial charge >= 0.3 is 5.97 Å². The van der Waals surface area contributed by atoms with Crippen molar-refractivity contribution in [1.82, 2.24) is 10.6 Å². The maximum absolute atomic E-state index is 13.8. The molecule has 3 atom stereocenters. The highest BCUT2D eigenvalue weighted by Crippen LogP contribution is 2.50. The number of carbonyl (C=O) groups is 3. The SMILES string of the molecule is COc1cc2c(c(OC)c1OC)-c1ccc(N[C@@H](C(=O)N[C@@H](C(=O)O)c3ccccc3)C(C)C)c(=O)cc1[C@H](NC(C)=O)CC2. The zero-order valence-electron chi connectivity index (χ0n) is 26.2. The van der Waals surface area contributed by atoms with Crippen molar-refractivity contribution >= 4 is 23.5 Å². The van der Waals surface area contributed by atoms with Gasteiger partial charge in [-0.3, -0.25) is 14.4 Å². The molecule has 11 heteroatoms. The Bertz CT molecular complexity index is 1640. The number of hydrogen-bond donors (Lipinski definition) is 4. The fourth-order valence-corrected chi connectivity index (χ4v) is 5.69. The van der Waals surface area contributed by atoms with Crippen molar-refractivity contribution in [2.24, 2.45) is 5.92 Å². The smallest absolute Gasteiger partial charge is 0.330 e. The van der Waals surface area contributed by atoms with Crippen LogP contribution in [0.1, 0.15) is 56.0 Å². The summed E-state index contributed by atoms with van der Waals surface area (Å²) in [6, 6.07) is 12.4. The molecular weight excluding hydrogens is 578 g/mol. The van der Waals surface area contributed by atoms with Crippen LogP contribution in [0.25, 0.3) is 11.1 Å². The number of ether oxygens (including phenoxy) is 3. The van der Waals surface area contributed by atoms with Crippen molar-refractivity contribution in [3.05, 3.63) is 81.5 Å². The van der Waals surface area contributed by atoms with Gasteiger partial charge in [0.2, 0.25) is 23.0 Å². The Morgan fingerprint density at radius 1 is 0.933 bits per heavy atom. The number of methoxy groups -OCH3 is 3. The maximum Gasteiger partial charge on any atom is 0.330 e. The average molecular weight is 618 g/mol. The molecule has 0 fully saturated rings. The minimum absolute atomic E-state index is 0.131. The molecule has 3 aromatic carbocycles. The summed E-state index contributed by atoms with van der Waals surface area (Å²) in [5, 5.41) is 18.5. The second-order valence-corrected chi connectivity index (χ2v) is 11.2. The number of rotatable bonds is 11.